The lowest BCUT2D eigenvalue weighted by molar-refractivity contribution is -0.140. The Labute approximate surface area is 96.5 Å². The van der Waals surface area contributed by atoms with Gasteiger partial charge >= 0.3 is 5.97 Å². The molecule has 0 radical (unpaired) electrons. The summed E-state index contributed by atoms with van der Waals surface area (Å²) in [7, 11) is 0. The molecule has 0 rings (SSSR count). The van der Waals surface area contributed by atoms with Crippen LogP contribution in [0.1, 0.15) is 19.8 Å². The van der Waals surface area contributed by atoms with Crippen LogP contribution in [0.25, 0.3) is 0 Å². The van der Waals surface area contributed by atoms with Gasteiger partial charge in [-0.2, -0.15) is 0 Å². The van der Waals surface area contributed by atoms with E-state index in [1.54, 1.807) is 6.08 Å². The van der Waals surface area contributed by atoms with Crippen molar-refractivity contribution in [1.29, 1.82) is 0 Å². The molecule has 14 heavy (non-hydrogen) atoms. The van der Waals surface area contributed by atoms with Crippen LogP contribution in [0.4, 0.5) is 0 Å². The maximum Gasteiger partial charge on any atom is 0.327 e. The van der Waals surface area contributed by atoms with Gasteiger partial charge in [-0.25, -0.2) is 4.79 Å². The molecule has 0 saturated heterocycles. The smallest absolute Gasteiger partial charge is 0.327 e. The van der Waals surface area contributed by atoms with E-state index in [0.29, 0.717) is 6.54 Å². The molecule has 0 aromatic rings. The standard InChI is InChI=1S/C8H16N2O2.2ClH/c1-8(10,7(11)12)5-3-2-4-6-9;;/h3,5H,2,4,6,9-10H2,1H3,(H,11,12);2*1H. The van der Waals surface area contributed by atoms with Gasteiger partial charge in [0.1, 0.15) is 5.54 Å². The minimum atomic E-state index is -1.26. The summed E-state index contributed by atoms with van der Waals surface area (Å²) in [5.41, 5.74) is 9.43. The van der Waals surface area contributed by atoms with E-state index in [9.17, 15) is 4.79 Å². The normalized spacial score (nSPS) is 13.9. The van der Waals surface area contributed by atoms with Gasteiger partial charge in [0.05, 0.1) is 0 Å². The van der Waals surface area contributed by atoms with Gasteiger partial charge in [-0.15, -0.1) is 24.8 Å². The van der Waals surface area contributed by atoms with E-state index >= 15 is 0 Å². The Hall–Kier alpha value is -0.290. The van der Waals surface area contributed by atoms with Gasteiger partial charge in [0.25, 0.3) is 0 Å². The number of hydrogen-bond acceptors (Lipinski definition) is 3. The largest absolute Gasteiger partial charge is 0.480 e. The summed E-state index contributed by atoms with van der Waals surface area (Å²) in [5.74, 6) is -1.02. The Bertz CT molecular complexity index is 184. The third kappa shape index (κ3) is 8.31. The van der Waals surface area contributed by atoms with E-state index in [1.165, 1.54) is 13.0 Å². The number of unbranched alkanes of at least 4 members (excludes halogenated alkanes) is 1. The van der Waals surface area contributed by atoms with Crippen molar-refractivity contribution < 1.29 is 9.90 Å². The molecule has 0 saturated carbocycles. The van der Waals surface area contributed by atoms with Gasteiger partial charge in [-0.05, 0) is 26.3 Å². The molecule has 0 aliphatic heterocycles. The first-order valence-corrected chi connectivity index (χ1v) is 3.90. The molecular formula is C8H18Cl2N2O2. The lowest BCUT2D eigenvalue weighted by Crippen LogP contribution is -2.42. The van der Waals surface area contributed by atoms with E-state index in [-0.39, 0.29) is 24.8 Å². The predicted octanol–water partition coefficient (Wildman–Crippen LogP) is 0.927. The molecule has 86 valence electrons. The van der Waals surface area contributed by atoms with Gasteiger partial charge in [-0.1, -0.05) is 12.2 Å². The number of allylic oxidation sites excluding steroid dienone is 1. The zero-order chi connectivity index (χ0) is 9.61. The quantitative estimate of drug-likeness (QED) is 0.496. The monoisotopic (exact) mass is 244 g/mol. The molecule has 0 aromatic carbocycles. The highest BCUT2D eigenvalue weighted by Gasteiger charge is 2.23. The van der Waals surface area contributed by atoms with Crippen LogP contribution in [-0.2, 0) is 4.79 Å². The van der Waals surface area contributed by atoms with Crippen molar-refractivity contribution in [2.24, 2.45) is 11.5 Å². The van der Waals surface area contributed by atoms with E-state index in [1.807, 2.05) is 0 Å². The van der Waals surface area contributed by atoms with Crippen molar-refractivity contribution in [1.82, 2.24) is 0 Å². The lowest BCUT2D eigenvalue weighted by Gasteiger charge is -2.12. The second kappa shape index (κ2) is 9.27. The topological polar surface area (TPSA) is 89.3 Å². The summed E-state index contributed by atoms with van der Waals surface area (Å²) in [6, 6.07) is 0. The number of hydrogen-bond donors (Lipinski definition) is 3. The van der Waals surface area contributed by atoms with Crippen LogP contribution >= 0.6 is 24.8 Å². The van der Waals surface area contributed by atoms with E-state index in [2.05, 4.69) is 0 Å². The molecular weight excluding hydrogens is 227 g/mol. The average molecular weight is 245 g/mol. The summed E-state index contributed by atoms with van der Waals surface area (Å²) in [5, 5.41) is 8.60. The molecule has 0 heterocycles. The fourth-order valence-corrected chi connectivity index (χ4v) is 0.635. The molecule has 5 N–H and O–H groups in total. The molecule has 0 aliphatic rings. The van der Waals surface area contributed by atoms with Crippen LogP contribution in [0.2, 0.25) is 0 Å². The Balaban J connectivity index is -0.000000605. The van der Waals surface area contributed by atoms with Crippen LogP contribution in [0.15, 0.2) is 12.2 Å². The highest BCUT2D eigenvalue weighted by molar-refractivity contribution is 5.85. The summed E-state index contributed by atoms with van der Waals surface area (Å²) in [6.07, 6.45) is 4.87. The average Bonchev–Trinajstić information content (AvgIpc) is 1.98. The number of carboxylic acid groups (broad SMARTS) is 1. The molecule has 1 unspecified atom stereocenters. The molecule has 1 atom stereocenters. The van der Waals surface area contributed by atoms with E-state index in [4.69, 9.17) is 16.6 Å². The first-order chi connectivity index (χ1) is 5.50. The van der Waals surface area contributed by atoms with Crippen LogP contribution < -0.4 is 11.5 Å². The van der Waals surface area contributed by atoms with Crippen molar-refractivity contribution in [2.45, 2.75) is 25.3 Å². The van der Waals surface area contributed by atoms with Crippen LogP contribution in [-0.4, -0.2) is 23.2 Å². The van der Waals surface area contributed by atoms with Gasteiger partial charge in [-0.3, -0.25) is 0 Å². The van der Waals surface area contributed by atoms with Crippen molar-refractivity contribution >= 4 is 30.8 Å². The summed E-state index contributed by atoms with van der Waals surface area (Å²) in [6.45, 7) is 2.06. The zero-order valence-corrected chi connectivity index (χ0v) is 9.74. The number of carbonyl (C=O) groups is 1. The molecule has 0 amide bonds. The number of aliphatic carboxylic acids is 1. The van der Waals surface area contributed by atoms with Gasteiger partial charge < -0.3 is 16.6 Å². The fraction of sp³-hybridized carbons (Fsp3) is 0.625. The minimum absolute atomic E-state index is 0. The first-order valence-electron chi connectivity index (χ1n) is 3.90. The second-order valence-corrected chi connectivity index (χ2v) is 2.92. The van der Waals surface area contributed by atoms with E-state index < -0.39 is 11.5 Å². The molecule has 0 aromatic heterocycles. The van der Waals surface area contributed by atoms with Gasteiger partial charge in [0.15, 0.2) is 0 Å². The minimum Gasteiger partial charge on any atom is -0.480 e. The Morgan fingerprint density at radius 2 is 2.00 bits per heavy atom. The van der Waals surface area contributed by atoms with E-state index in [0.717, 1.165) is 12.8 Å². The Kier molecular flexibility index (Phi) is 12.8. The third-order valence-corrected chi connectivity index (χ3v) is 1.50. The summed E-state index contributed by atoms with van der Waals surface area (Å²) >= 11 is 0. The zero-order valence-electron chi connectivity index (χ0n) is 8.10. The van der Waals surface area contributed by atoms with Gasteiger partial charge in [0, 0.05) is 0 Å². The number of nitrogens with two attached hydrogens (primary N) is 2. The number of halogens is 2. The van der Waals surface area contributed by atoms with Crippen LogP contribution in [0, 0.1) is 0 Å². The molecule has 0 fully saturated rings. The maximum absolute atomic E-state index is 10.5. The Morgan fingerprint density at radius 3 is 2.36 bits per heavy atom. The summed E-state index contributed by atoms with van der Waals surface area (Å²) < 4.78 is 0. The fourth-order valence-electron chi connectivity index (χ4n) is 0.635. The van der Waals surface area contributed by atoms with Crippen molar-refractivity contribution in [2.75, 3.05) is 6.54 Å². The predicted molar refractivity (Wildman–Crippen MR) is 62.2 cm³/mol. The SMILES string of the molecule is CC(N)(C=CCCCN)C(=O)O.Cl.Cl. The van der Waals surface area contributed by atoms with Crippen molar-refractivity contribution in [3.8, 4) is 0 Å². The number of carboxylic acids is 1. The van der Waals surface area contributed by atoms with Crippen LogP contribution in [0.3, 0.4) is 0 Å². The first kappa shape index (κ1) is 19.3. The van der Waals surface area contributed by atoms with Crippen molar-refractivity contribution in [3.05, 3.63) is 12.2 Å². The highest BCUT2D eigenvalue weighted by atomic mass is 35.5. The highest BCUT2D eigenvalue weighted by Crippen LogP contribution is 2.02. The summed E-state index contributed by atoms with van der Waals surface area (Å²) in [4.78, 5) is 10.5. The van der Waals surface area contributed by atoms with Gasteiger partial charge in [0.2, 0.25) is 0 Å². The molecule has 0 spiro atoms. The molecule has 0 aliphatic carbocycles. The molecule has 4 nitrogen and oxygen atoms in total. The third-order valence-electron chi connectivity index (χ3n) is 1.50. The van der Waals surface area contributed by atoms with Crippen LogP contribution in [0.5, 0.6) is 0 Å². The number of rotatable bonds is 5. The molecule has 0 bridgehead atoms. The second-order valence-electron chi connectivity index (χ2n) is 2.92. The van der Waals surface area contributed by atoms with Crippen molar-refractivity contribution in [3.63, 3.8) is 0 Å². The lowest BCUT2D eigenvalue weighted by atomic mass is 10.0. The Morgan fingerprint density at radius 1 is 1.50 bits per heavy atom. The molecule has 6 heteroatoms. The maximum atomic E-state index is 10.5.